The number of rotatable bonds is 3. The van der Waals surface area contributed by atoms with Gasteiger partial charge in [-0.25, -0.2) is 0 Å². The molecule has 0 spiro atoms. The summed E-state index contributed by atoms with van der Waals surface area (Å²) in [6.45, 7) is 4.23. The van der Waals surface area contributed by atoms with Gasteiger partial charge in [0, 0.05) is 33.3 Å². The van der Waals surface area contributed by atoms with Gasteiger partial charge < -0.3 is 10.6 Å². The van der Waals surface area contributed by atoms with Crippen LogP contribution in [-0.2, 0) is 9.59 Å². The van der Waals surface area contributed by atoms with E-state index in [0.29, 0.717) is 11.7 Å². The number of nitrogens with one attached hydrogen (secondary N) is 3. The lowest BCUT2D eigenvalue weighted by Gasteiger charge is -2.47. The number of carbonyl (C=O) groups excluding carboxylic acids is 2. The number of halogens is 1. The molecule has 5 nitrogen and oxygen atoms in total. The summed E-state index contributed by atoms with van der Waals surface area (Å²) in [5.41, 5.74) is 2.70. The minimum Gasteiger partial charge on any atom is -0.372 e. The predicted molar refractivity (Wildman–Crippen MR) is 111 cm³/mol. The normalized spacial score (nSPS) is 30.5. The Kier molecular flexibility index (Phi) is 5.36. The van der Waals surface area contributed by atoms with Crippen LogP contribution in [-0.4, -0.2) is 28.6 Å². The molecule has 3 aliphatic rings. The van der Waals surface area contributed by atoms with Crippen LogP contribution < -0.4 is 16.0 Å². The van der Waals surface area contributed by atoms with E-state index in [1.807, 2.05) is 24.3 Å². The van der Waals surface area contributed by atoms with Crippen molar-refractivity contribution < 1.29 is 9.59 Å². The molecule has 0 radical (unpaired) electrons. The van der Waals surface area contributed by atoms with Gasteiger partial charge in [-0.1, -0.05) is 41.9 Å². The SMILES string of the molecule is CC(C)SC1NC(=O)C2C(NC3=C(C(=O)CCC3)C2c2ccc(Br)cc2)N1. The van der Waals surface area contributed by atoms with E-state index in [-0.39, 0.29) is 35.2 Å². The second kappa shape index (κ2) is 7.60. The van der Waals surface area contributed by atoms with Gasteiger partial charge in [-0.2, -0.15) is 0 Å². The third-order valence-electron chi connectivity index (χ3n) is 5.36. The molecule has 1 amide bonds. The summed E-state index contributed by atoms with van der Waals surface area (Å²) >= 11 is 5.17. The van der Waals surface area contributed by atoms with E-state index in [1.54, 1.807) is 11.8 Å². The summed E-state index contributed by atoms with van der Waals surface area (Å²) in [6.07, 6.45) is 2.12. The van der Waals surface area contributed by atoms with Gasteiger partial charge in [-0.15, -0.1) is 11.8 Å². The monoisotopic (exact) mass is 449 g/mol. The van der Waals surface area contributed by atoms with Crippen molar-refractivity contribution in [1.29, 1.82) is 0 Å². The van der Waals surface area contributed by atoms with E-state index in [2.05, 4.69) is 45.7 Å². The first-order chi connectivity index (χ1) is 12.9. The molecule has 27 heavy (non-hydrogen) atoms. The lowest BCUT2D eigenvalue weighted by molar-refractivity contribution is -0.130. The number of allylic oxidation sites excluding steroid dienone is 2. The maximum Gasteiger partial charge on any atom is 0.229 e. The number of Topliss-reactive ketones (excluding diaryl/α,β-unsaturated/α-hetero) is 1. The second-order valence-corrected chi connectivity index (χ2v) is 10.2. The largest absolute Gasteiger partial charge is 0.372 e. The fourth-order valence-corrected chi connectivity index (χ4v) is 5.51. The number of ketones is 1. The van der Waals surface area contributed by atoms with Crippen LogP contribution in [0.15, 0.2) is 40.0 Å². The highest BCUT2D eigenvalue weighted by Gasteiger charge is 2.49. The summed E-state index contributed by atoms with van der Waals surface area (Å²) < 4.78 is 0.987. The van der Waals surface area contributed by atoms with Crippen molar-refractivity contribution in [3.05, 3.63) is 45.6 Å². The zero-order chi connectivity index (χ0) is 19.1. The lowest BCUT2D eigenvalue weighted by atomic mass is 9.70. The molecule has 4 unspecified atom stereocenters. The van der Waals surface area contributed by atoms with Crippen LogP contribution in [0.3, 0.4) is 0 Å². The molecule has 1 aromatic carbocycles. The molecule has 1 aliphatic carbocycles. The Morgan fingerprint density at radius 2 is 1.85 bits per heavy atom. The third kappa shape index (κ3) is 3.69. The Balaban J connectivity index is 1.75. The van der Waals surface area contributed by atoms with E-state index in [0.717, 1.165) is 34.1 Å². The molecule has 0 bridgehead atoms. The minimum atomic E-state index is -0.351. The Morgan fingerprint density at radius 1 is 1.11 bits per heavy atom. The highest BCUT2D eigenvalue weighted by atomic mass is 79.9. The number of benzene rings is 1. The number of thioether (sulfide) groups is 1. The van der Waals surface area contributed by atoms with Crippen molar-refractivity contribution in [2.24, 2.45) is 5.92 Å². The molecule has 1 fully saturated rings. The van der Waals surface area contributed by atoms with Crippen molar-refractivity contribution in [3.8, 4) is 0 Å². The standard InChI is InChI=1S/C20H24BrN3O2S/c1-10(2)27-20-23-18-17(19(26)24-20)15(11-6-8-12(21)9-7-11)16-13(22-18)4-3-5-14(16)25/h6-10,15,17-18,20,22-23H,3-5H2,1-2H3,(H,24,26). The average molecular weight is 450 g/mol. The summed E-state index contributed by atoms with van der Waals surface area (Å²) in [7, 11) is 0. The number of amides is 1. The van der Waals surface area contributed by atoms with Gasteiger partial charge in [-0.05, 0) is 30.5 Å². The second-order valence-electron chi connectivity index (χ2n) is 7.59. The van der Waals surface area contributed by atoms with Gasteiger partial charge in [0.1, 0.15) is 5.50 Å². The summed E-state index contributed by atoms with van der Waals surface area (Å²) in [5, 5.41) is 10.5. The van der Waals surface area contributed by atoms with Crippen LogP contribution in [0.4, 0.5) is 0 Å². The van der Waals surface area contributed by atoms with Gasteiger partial charge in [0.15, 0.2) is 5.78 Å². The Hall–Kier alpha value is -1.31. The van der Waals surface area contributed by atoms with Gasteiger partial charge in [0.25, 0.3) is 0 Å². The smallest absolute Gasteiger partial charge is 0.229 e. The summed E-state index contributed by atoms with van der Waals surface area (Å²) in [5.74, 6) is -0.399. The van der Waals surface area contributed by atoms with Crippen molar-refractivity contribution in [2.75, 3.05) is 0 Å². The van der Waals surface area contributed by atoms with Crippen LogP contribution in [0.25, 0.3) is 0 Å². The van der Waals surface area contributed by atoms with Gasteiger partial charge in [0.05, 0.1) is 12.1 Å². The van der Waals surface area contributed by atoms with Gasteiger partial charge in [0.2, 0.25) is 5.91 Å². The minimum absolute atomic E-state index is 0.00208. The topological polar surface area (TPSA) is 70.2 Å². The zero-order valence-electron chi connectivity index (χ0n) is 15.4. The summed E-state index contributed by atoms with van der Waals surface area (Å²) in [4.78, 5) is 25.9. The van der Waals surface area contributed by atoms with E-state index >= 15 is 0 Å². The van der Waals surface area contributed by atoms with Gasteiger partial charge in [-0.3, -0.25) is 14.9 Å². The van der Waals surface area contributed by atoms with Crippen LogP contribution in [0, 0.1) is 5.92 Å². The molecule has 0 saturated carbocycles. The van der Waals surface area contributed by atoms with E-state index in [1.165, 1.54) is 0 Å². The van der Waals surface area contributed by atoms with Crippen LogP contribution in [0.1, 0.15) is 44.6 Å². The Labute approximate surface area is 172 Å². The molecule has 0 aromatic heterocycles. The number of hydrogen-bond acceptors (Lipinski definition) is 5. The van der Waals surface area contributed by atoms with Crippen LogP contribution in [0.5, 0.6) is 0 Å². The van der Waals surface area contributed by atoms with Crippen molar-refractivity contribution in [2.45, 2.75) is 55.9 Å². The molecular weight excluding hydrogens is 426 g/mol. The van der Waals surface area contributed by atoms with E-state index in [4.69, 9.17) is 0 Å². The Morgan fingerprint density at radius 3 is 2.56 bits per heavy atom. The fourth-order valence-electron chi connectivity index (χ4n) is 4.29. The third-order valence-corrected chi connectivity index (χ3v) is 6.96. The fraction of sp³-hybridized carbons (Fsp3) is 0.500. The van der Waals surface area contributed by atoms with Gasteiger partial charge >= 0.3 is 0 Å². The molecule has 1 saturated heterocycles. The predicted octanol–water partition coefficient (Wildman–Crippen LogP) is 3.23. The number of carbonyl (C=O) groups is 2. The quantitative estimate of drug-likeness (QED) is 0.660. The molecule has 144 valence electrons. The maximum absolute atomic E-state index is 13.1. The van der Waals surface area contributed by atoms with E-state index in [9.17, 15) is 9.59 Å². The highest BCUT2D eigenvalue weighted by Crippen LogP contribution is 2.44. The Bertz CT molecular complexity index is 793. The van der Waals surface area contributed by atoms with Crippen LogP contribution >= 0.6 is 27.7 Å². The number of hydrogen-bond donors (Lipinski definition) is 3. The molecule has 2 aliphatic heterocycles. The first-order valence-corrected chi connectivity index (χ1v) is 11.2. The number of fused-ring (bicyclic) bond motifs is 1. The highest BCUT2D eigenvalue weighted by molar-refractivity contribution is 9.10. The van der Waals surface area contributed by atoms with E-state index < -0.39 is 0 Å². The average Bonchev–Trinajstić information content (AvgIpc) is 2.60. The maximum atomic E-state index is 13.1. The zero-order valence-corrected chi connectivity index (χ0v) is 17.8. The lowest BCUT2D eigenvalue weighted by Crippen LogP contribution is -2.68. The first-order valence-electron chi connectivity index (χ1n) is 9.44. The molecular formula is C20H24BrN3O2S. The molecule has 1 aromatic rings. The molecule has 4 atom stereocenters. The molecule has 3 N–H and O–H groups in total. The molecule has 2 heterocycles. The van der Waals surface area contributed by atoms with Crippen LogP contribution in [0.2, 0.25) is 0 Å². The summed E-state index contributed by atoms with van der Waals surface area (Å²) in [6, 6.07) is 7.99. The van der Waals surface area contributed by atoms with Crippen molar-refractivity contribution in [3.63, 3.8) is 0 Å². The first kappa shape index (κ1) is 19.0. The van der Waals surface area contributed by atoms with Crippen molar-refractivity contribution in [1.82, 2.24) is 16.0 Å². The molecule has 7 heteroatoms. The van der Waals surface area contributed by atoms with Crippen molar-refractivity contribution >= 4 is 39.4 Å². The molecule has 4 rings (SSSR count).